The molecule has 0 radical (unpaired) electrons. The topological polar surface area (TPSA) is 72.6 Å². The summed E-state index contributed by atoms with van der Waals surface area (Å²) >= 11 is 4.93. The van der Waals surface area contributed by atoms with Crippen molar-refractivity contribution in [3.8, 4) is 0 Å². The summed E-state index contributed by atoms with van der Waals surface area (Å²) in [5.74, 6) is 0.242. The summed E-state index contributed by atoms with van der Waals surface area (Å²) in [7, 11) is -1.93. The molecule has 2 N–H and O–H groups in total. The molecule has 20 heavy (non-hydrogen) atoms. The highest BCUT2D eigenvalue weighted by molar-refractivity contribution is 7.89. The average molecular weight is 314 g/mol. The standard InChI is InChI=1S/C13H18N2O3S2/c1-18-9-10-6-7-15(8-10)20(16,17)12-5-3-2-4-11(12)13(14)19/h2-5,10H,6-9H2,1H3,(H2,14,19). The largest absolute Gasteiger partial charge is 0.389 e. The Kier molecular flexibility index (Phi) is 4.74. The van der Waals surface area contributed by atoms with Gasteiger partial charge in [0.25, 0.3) is 0 Å². The number of benzene rings is 1. The molecule has 1 aliphatic heterocycles. The number of sulfonamides is 1. The lowest BCUT2D eigenvalue weighted by Gasteiger charge is -2.18. The van der Waals surface area contributed by atoms with Crippen molar-refractivity contribution in [1.29, 1.82) is 0 Å². The van der Waals surface area contributed by atoms with E-state index in [0.29, 0.717) is 25.3 Å². The molecule has 0 spiro atoms. The van der Waals surface area contributed by atoms with Gasteiger partial charge in [0, 0.05) is 25.8 Å². The van der Waals surface area contributed by atoms with E-state index < -0.39 is 10.0 Å². The minimum Gasteiger partial charge on any atom is -0.389 e. The molecule has 2 rings (SSSR count). The fraction of sp³-hybridized carbons (Fsp3) is 0.462. The molecule has 1 saturated heterocycles. The van der Waals surface area contributed by atoms with Crippen LogP contribution >= 0.6 is 12.2 Å². The van der Waals surface area contributed by atoms with Crippen molar-refractivity contribution in [1.82, 2.24) is 4.31 Å². The van der Waals surface area contributed by atoms with Crippen LogP contribution in [-0.2, 0) is 14.8 Å². The molecule has 0 bridgehead atoms. The number of ether oxygens (including phenoxy) is 1. The number of nitrogens with zero attached hydrogens (tertiary/aromatic N) is 1. The first-order valence-corrected chi connectivity index (χ1v) is 8.19. The SMILES string of the molecule is COCC1CCN(S(=O)(=O)c2ccccc2C(N)=S)C1. The third-order valence-electron chi connectivity index (χ3n) is 3.42. The molecule has 1 heterocycles. The van der Waals surface area contributed by atoms with Gasteiger partial charge in [0.05, 0.1) is 11.5 Å². The second-order valence-corrected chi connectivity index (χ2v) is 7.18. The minimum absolute atomic E-state index is 0.0943. The molecule has 0 aliphatic carbocycles. The van der Waals surface area contributed by atoms with Crippen molar-refractivity contribution >= 4 is 27.2 Å². The molecule has 1 unspecified atom stereocenters. The summed E-state index contributed by atoms with van der Waals surface area (Å²) in [6, 6.07) is 6.59. The van der Waals surface area contributed by atoms with Gasteiger partial charge in [-0.15, -0.1) is 0 Å². The van der Waals surface area contributed by atoms with Crippen LogP contribution in [0.5, 0.6) is 0 Å². The zero-order valence-corrected chi connectivity index (χ0v) is 12.9. The zero-order chi connectivity index (χ0) is 14.8. The first kappa shape index (κ1) is 15.4. The maximum Gasteiger partial charge on any atom is 0.243 e. The molecule has 110 valence electrons. The monoisotopic (exact) mass is 314 g/mol. The first-order chi connectivity index (χ1) is 9.46. The fourth-order valence-corrected chi connectivity index (χ4v) is 4.40. The van der Waals surface area contributed by atoms with Gasteiger partial charge in [-0.25, -0.2) is 8.42 Å². The van der Waals surface area contributed by atoms with Crippen LogP contribution < -0.4 is 5.73 Å². The van der Waals surface area contributed by atoms with E-state index >= 15 is 0 Å². The molecule has 1 fully saturated rings. The second kappa shape index (κ2) is 6.17. The third kappa shape index (κ3) is 3.01. The Morgan fingerprint density at radius 3 is 2.85 bits per heavy atom. The molecule has 1 aromatic rings. The summed E-state index contributed by atoms with van der Waals surface area (Å²) in [6.45, 7) is 1.55. The van der Waals surface area contributed by atoms with Crippen LogP contribution in [0, 0.1) is 5.92 Å². The van der Waals surface area contributed by atoms with Crippen LogP contribution in [0.3, 0.4) is 0 Å². The molecular weight excluding hydrogens is 296 g/mol. The van der Waals surface area contributed by atoms with Gasteiger partial charge < -0.3 is 10.5 Å². The predicted octanol–water partition coefficient (Wildman–Crippen LogP) is 0.978. The quantitative estimate of drug-likeness (QED) is 0.820. The third-order valence-corrected chi connectivity index (χ3v) is 5.56. The lowest BCUT2D eigenvalue weighted by Crippen LogP contribution is -2.31. The number of methoxy groups -OCH3 is 1. The van der Waals surface area contributed by atoms with Crippen molar-refractivity contribution < 1.29 is 13.2 Å². The minimum atomic E-state index is -3.56. The highest BCUT2D eigenvalue weighted by Gasteiger charge is 2.33. The molecule has 1 aliphatic rings. The number of hydrogen-bond acceptors (Lipinski definition) is 4. The van der Waals surface area contributed by atoms with E-state index in [4.69, 9.17) is 22.7 Å². The molecule has 5 nitrogen and oxygen atoms in total. The van der Waals surface area contributed by atoms with Crippen molar-refractivity contribution in [3.05, 3.63) is 29.8 Å². The molecule has 0 amide bonds. The Morgan fingerprint density at radius 2 is 2.20 bits per heavy atom. The summed E-state index contributed by atoms with van der Waals surface area (Å²) < 4.78 is 31.9. The second-order valence-electron chi connectivity index (χ2n) is 4.83. The van der Waals surface area contributed by atoms with Gasteiger partial charge in [0.15, 0.2) is 0 Å². The Morgan fingerprint density at radius 1 is 1.50 bits per heavy atom. The van der Waals surface area contributed by atoms with Crippen molar-refractivity contribution in [3.63, 3.8) is 0 Å². The smallest absolute Gasteiger partial charge is 0.243 e. The van der Waals surface area contributed by atoms with Crippen LogP contribution in [0.1, 0.15) is 12.0 Å². The Bertz CT molecular complexity index is 601. The predicted molar refractivity (Wildman–Crippen MR) is 81.1 cm³/mol. The zero-order valence-electron chi connectivity index (χ0n) is 11.3. The van der Waals surface area contributed by atoms with E-state index in [9.17, 15) is 8.42 Å². The normalized spacial score (nSPS) is 20.1. The van der Waals surface area contributed by atoms with E-state index in [0.717, 1.165) is 6.42 Å². The summed E-state index contributed by atoms with van der Waals surface area (Å²) in [6.07, 6.45) is 0.808. The van der Waals surface area contributed by atoms with E-state index in [2.05, 4.69) is 0 Å². The van der Waals surface area contributed by atoms with Gasteiger partial charge in [-0.05, 0) is 18.4 Å². The Hall–Kier alpha value is -1.02. The van der Waals surface area contributed by atoms with Gasteiger partial charge in [-0.3, -0.25) is 0 Å². The number of thiocarbonyl (C=S) groups is 1. The lowest BCUT2D eigenvalue weighted by molar-refractivity contribution is 0.157. The van der Waals surface area contributed by atoms with E-state index in [1.165, 1.54) is 4.31 Å². The number of nitrogens with two attached hydrogens (primary N) is 1. The van der Waals surface area contributed by atoms with E-state index in [1.54, 1.807) is 31.4 Å². The van der Waals surface area contributed by atoms with Crippen LogP contribution in [0.15, 0.2) is 29.2 Å². The maximum absolute atomic E-state index is 12.7. The van der Waals surface area contributed by atoms with Gasteiger partial charge in [-0.2, -0.15) is 4.31 Å². The molecule has 0 saturated carbocycles. The molecule has 1 aromatic carbocycles. The fourth-order valence-electron chi connectivity index (χ4n) is 2.42. The first-order valence-electron chi connectivity index (χ1n) is 6.34. The van der Waals surface area contributed by atoms with Crippen LogP contribution in [0.4, 0.5) is 0 Å². The van der Waals surface area contributed by atoms with Gasteiger partial charge in [0.2, 0.25) is 10.0 Å². The van der Waals surface area contributed by atoms with Gasteiger partial charge in [0.1, 0.15) is 4.99 Å². The van der Waals surface area contributed by atoms with Gasteiger partial charge >= 0.3 is 0 Å². The number of rotatable bonds is 5. The van der Waals surface area contributed by atoms with Crippen molar-refractivity contribution in [2.45, 2.75) is 11.3 Å². The van der Waals surface area contributed by atoms with Crippen LogP contribution in [0.2, 0.25) is 0 Å². The Balaban J connectivity index is 2.30. The van der Waals surface area contributed by atoms with Gasteiger partial charge in [-0.1, -0.05) is 30.4 Å². The molecule has 0 aromatic heterocycles. The summed E-state index contributed by atoms with van der Waals surface area (Å²) in [5, 5.41) is 0. The molecule has 1 atom stereocenters. The van der Waals surface area contributed by atoms with E-state index in [1.807, 2.05) is 0 Å². The van der Waals surface area contributed by atoms with Crippen molar-refractivity contribution in [2.75, 3.05) is 26.8 Å². The summed E-state index contributed by atoms with van der Waals surface area (Å²) in [4.78, 5) is 0.280. The summed E-state index contributed by atoms with van der Waals surface area (Å²) in [5.41, 5.74) is 6.01. The number of hydrogen-bond donors (Lipinski definition) is 1. The highest BCUT2D eigenvalue weighted by atomic mass is 32.2. The van der Waals surface area contributed by atoms with Crippen LogP contribution in [0.25, 0.3) is 0 Å². The maximum atomic E-state index is 12.7. The van der Waals surface area contributed by atoms with Crippen molar-refractivity contribution in [2.24, 2.45) is 11.7 Å². The Labute approximate surface area is 124 Å². The molecular formula is C13H18N2O3S2. The highest BCUT2D eigenvalue weighted by Crippen LogP contribution is 2.26. The lowest BCUT2D eigenvalue weighted by atomic mass is 10.1. The van der Waals surface area contributed by atoms with Crippen LogP contribution in [-0.4, -0.2) is 44.5 Å². The average Bonchev–Trinajstić information content (AvgIpc) is 2.88. The molecule has 7 heteroatoms. The van der Waals surface area contributed by atoms with E-state index in [-0.39, 0.29) is 15.8 Å².